The fourth-order valence-corrected chi connectivity index (χ4v) is 4.81. The molecule has 2 amide bonds. The highest BCUT2D eigenvalue weighted by atomic mass is 35.5. The zero-order chi connectivity index (χ0) is 22.3. The minimum absolute atomic E-state index is 0.0842. The molecule has 0 saturated heterocycles. The van der Waals surface area contributed by atoms with Gasteiger partial charge in [-0.3, -0.25) is 25.2 Å². The van der Waals surface area contributed by atoms with Crippen LogP contribution in [-0.4, -0.2) is 20.2 Å². The van der Waals surface area contributed by atoms with Crippen molar-refractivity contribution >= 4 is 50.5 Å². The van der Waals surface area contributed by atoms with Crippen molar-refractivity contribution in [2.75, 3.05) is 4.72 Å². The molecule has 0 unspecified atom stereocenters. The third-order valence-corrected chi connectivity index (χ3v) is 6.88. The first-order valence-electron chi connectivity index (χ1n) is 9.34. The van der Waals surface area contributed by atoms with Crippen LogP contribution in [0.2, 0.25) is 5.02 Å². The average Bonchev–Trinajstić information content (AvgIpc) is 3.27. The van der Waals surface area contributed by atoms with Crippen molar-refractivity contribution in [3.05, 3.63) is 81.5 Å². The summed E-state index contributed by atoms with van der Waals surface area (Å²) in [6.07, 6.45) is 1.70. The highest BCUT2D eigenvalue weighted by molar-refractivity contribution is 7.92. The monoisotopic (exact) mass is 477 g/mol. The highest BCUT2D eigenvalue weighted by Crippen LogP contribution is 2.24. The molecule has 7 nitrogen and oxygen atoms in total. The molecule has 10 heteroatoms. The second-order valence-corrected chi connectivity index (χ2v) is 9.67. The molecule has 0 saturated carbocycles. The molecule has 1 heterocycles. The SMILES string of the molecule is O=C(CCCc1cccs1)NNC(=O)c1cccc(S(=O)(=O)Nc2ccccc2Cl)c1. The molecule has 1 aromatic heterocycles. The Balaban J connectivity index is 1.56. The second kappa shape index (κ2) is 10.4. The summed E-state index contributed by atoms with van der Waals surface area (Å²) in [5, 5.41) is 2.23. The summed E-state index contributed by atoms with van der Waals surface area (Å²) in [6.45, 7) is 0. The molecule has 3 N–H and O–H groups in total. The standard InChI is InChI=1S/C21H20ClN3O4S2/c22-18-10-1-2-11-19(18)25-31(28,29)17-9-3-6-15(14-17)21(27)24-23-20(26)12-4-7-16-8-5-13-30-16/h1-3,5-6,8-11,13-14,25H,4,7,12H2,(H,23,26)(H,24,27). The molecule has 0 atom stereocenters. The van der Waals surface area contributed by atoms with E-state index in [1.807, 2.05) is 17.5 Å². The van der Waals surface area contributed by atoms with Crippen LogP contribution in [0.25, 0.3) is 0 Å². The van der Waals surface area contributed by atoms with E-state index in [0.29, 0.717) is 6.42 Å². The number of aryl methyl sites for hydroxylation is 1. The van der Waals surface area contributed by atoms with Gasteiger partial charge in [0.25, 0.3) is 15.9 Å². The lowest BCUT2D eigenvalue weighted by Crippen LogP contribution is -2.41. The fraction of sp³-hybridized carbons (Fsp3) is 0.143. The van der Waals surface area contributed by atoms with Crippen molar-refractivity contribution in [1.29, 1.82) is 0 Å². The molecule has 0 spiro atoms. The van der Waals surface area contributed by atoms with E-state index in [1.165, 1.54) is 35.2 Å². The van der Waals surface area contributed by atoms with E-state index in [-0.39, 0.29) is 33.5 Å². The molecule has 3 aromatic rings. The Bertz CT molecular complexity index is 1160. The maximum absolute atomic E-state index is 12.6. The average molecular weight is 478 g/mol. The van der Waals surface area contributed by atoms with Crippen LogP contribution in [0.1, 0.15) is 28.1 Å². The van der Waals surface area contributed by atoms with Gasteiger partial charge in [-0.2, -0.15) is 0 Å². The molecule has 2 aromatic carbocycles. The number of rotatable bonds is 8. The van der Waals surface area contributed by atoms with Gasteiger partial charge in [0.1, 0.15) is 0 Å². The predicted molar refractivity (Wildman–Crippen MR) is 122 cm³/mol. The Hall–Kier alpha value is -2.88. The molecule has 0 aliphatic carbocycles. The van der Waals surface area contributed by atoms with E-state index < -0.39 is 15.9 Å². The van der Waals surface area contributed by atoms with Gasteiger partial charge in [0, 0.05) is 16.9 Å². The number of carbonyl (C=O) groups excluding carboxylic acids is 2. The maximum atomic E-state index is 12.6. The van der Waals surface area contributed by atoms with E-state index in [4.69, 9.17) is 11.6 Å². The first-order chi connectivity index (χ1) is 14.8. The van der Waals surface area contributed by atoms with Gasteiger partial charge in [-0.05, 0) is 54.6 Å². The van der Waals surface area contributed by atoms with Crippen molar-refractivity contribution in [3.63, 3.8) is 0 Å². The van der Waals surface area contributed by atoms with E-state index >= 15 is 0 Å². The second-order valence-electron chi connectivity index (χ2n) is 6.55. The molecule has 0 bridgehead atoms. The Morgan fingerprint density at radius 2 is 1.77 bits per heavy atom. The molecule has 0 radical (unpaired) electrons. The molecule has 3 rings (SSSR count). The third-order valence-electron chi connectivity index (χ3n) is 4.25. The summed E-state index contributed by atoms with van der Waals surface area (Å²) in [6, 6.07) is 15.9. The lowest BCUT2D eigenvalue weighted by Gasteiger charge is -2.11. The lowest BCUT2D eigenvalue weighted by molar-refractivity contribution is -0.121. The van der Waals surface area contributed by atoms with Crippen LogP contribution in [0, 0.1) is 0 Å². The number of halogens is 1. The number of anilines is 1. The van der Waals surface area contributed by atoms with Crippen molar-refractivity contribution in [2.45, 2.75) is 24.2 Å². The summed E-state index contributed by atoms with van der Waals surface area (Å²) in [4.78, 5) is 25.4. The minimum Gasteiger partial charge on any atom is -0.278 e. The summed E-state index contributed by atoms with van der Waals surface area (Å²) in [5.41, 5.74) is 4.97. The Labute approximate surface area is 189 Å². The number of benzene rings is 2. The summed E-state index contributed by atoms with van der Waals surface area (Å²) in [7, 11) is -3.96. The van der Waals surface area contributed by atoms with E-state index in [2.05, 4.69) is 15.6 Å². The molecule has 31 heavy (non-hydrogen) atoms. The Morgan fingerprint density at radius 1 is 0.968 bits per heavy atom. The zero-order valence-corrected chi connectivity index (χ0v) is 18.7. The largest absolute Gasteiger partial charge is 0.278 e. The van der Waals surface area contributed by atoms with Crippen LogP contribution >= 0.6 is 22.9 Å². The molecule has 0 fully saturated rings. The fourth-order valence-electron chi connectivity index (χ4n) is 2.69. The van der Waals surface area contributed by atoms with Gasteiger partial charge < -0.3 is 0 Å². The Morgan fingerprint density at radius 3 is 2.52 bits per heavy atom. The van der Waals surface area contributed by atoms with Crippen molar-refractivity contribution in [1.82, 2.24) is 10.9 Å². The van der Waals surface area contributed by atoms with Gasteiger partial charge in [0.05, 0.1) is 15.6 Å². The van der Waals surface area contributed by atoms with Gasteiger partial charge in [-0.15, -0.1) is 11.3 Å². The molecule has 162 valence electrons. The topological polar surface area (TPSA) is 104 Å². The normalized spacial score (nSPS) is 11.0. The first-order valence-corrected chi connectivity index (χ1v) is 12.1. The smallest absolute Gasteiger partial charge is 0.269 e. The van der Waals surface area contributed by atoms with Gasteiger partial charge in [-0.25, -0.2) is 8.42 Å². The van der Waals surface area contributed by atoms with Gasteiger partial charge >= 0.3 is 0 Å². The lowest BCUT2D eigenvalue weighted by atomic mass is 10.2. The predicted octanol–water partition coefficient (Wildman–Crippen LogP) is 3.99. The van der Waals surface area contributed by atoms with Gasteiger partial charge in [-0.1, -0.05) is 35.9 Å². The number of carbonyl (C=O) groups is 2. The molecular formula is C21H20ClN3O4S2. The summed E-state index contributed by atoms with van der Waals surface area (Å²) >= 11 is 7.64. The molecular weight excluding hydrogens is 458 g/mol. The first kappa shape index (κ1) is 22.8. The minimum atomic E-state index is -3.96. The number of para-hydroxylation sites is 1. The van der Waals surface area contributed by atoms with E-state index in [1.54, 1.807) is 29.5 Å². The van der Waals surface area contributed by atoms with E-state index in [9.17, 15) is 18.0 Å². The molecule has 0 aliphatic rings. The zero-order valence-electron chi connectivity index (χ0n) is 16.3. The van der Waals surface area contributed by atoms with E-state index in [0.717, 1.165) is 6.42 Å². The van der Waals surface area contributed by atoms with Gasteiger partial charge in [0.15, 0.2) is 0 Å². The van der Waals surface area contributed by atoms with Crippen LogP contribution < -0.4 is 15.6 Å². The van der Waals surface area contributed by atoms with Crippen molar-refractivity contribution < 1.29 is 18.0 Å². The number of hydrogen-bond acceptors (Lipinski definition) is 5. The van der Waals surface area contributed by atoms with Crippen LogP contribution in [-0.2, 0) is 21.2 Å². The van der Waals surface area contributed by atoms with Crippen molar-refractivity contribution in [3.8, 4) is 0 Å². The van der Waals surface area contributed by atoms with Crippen LogP contribution in [0.15, 0.2) is 70.9 Å². The number of amides is 2. The highest BCUT2D eigenvalue weighted by Gasteiger charge is 2.18. The number of hydrazine groups is 1. The van der Waals surface area contributed by atoms with Crippen LogP contribution in [0.3, 0.4) is 0 Å². The number of nitrogens with one attached hydrogen (secondary N) is 3. The molecule has 0 aliphatic heterocycles. The van der Waals surface area contributed by atoms with Crippen LogP contribution in [0.4, 0.5) is 5.69 Å². The number of sulfonamides is 1. The van der Waals surface area contributed by atoms with Crippen molar-refractivity contribution in [2.24, 2.45) is 0 Å². The van der Waals surface area contributed by atoms with Crippen LogP contribution in [0.5, 0.6) is 0 Å². The third kappa shape index (κ3) is 6.55. The number of thiophene rings is 1. The quantitative estimate of drug-likeness (QED) is 0.427. The van der Waals surface area contributed by atoms with Gasteiger partial charge in [0.2, 0.25) is 5.91 Å². The number of hydrogen-bond donors (Lipinski definition) is 3. The maximum Gasteiger partial charge on any atom is 0.269 e. The summed E-state index contributed by atoms with van der Waals surface area (Å²) < 4.78 is 27.7. The Kier molecular flexibility index (Phi) is 7.67. The summed E-state index contributed by atoms with van der Waals surface area (Å²) in [5.74, 6) is -0.949.